The number of nitrogens with one attached hydrogen (secondary N) is 1. The van der Waals surface area contributed by atoms with Crippen LogP contribution in [0.1, 0.15) is 37.3 Å². The highest BCUT2D eigenvalue weighted by Crippen LogP contribution is 2.35. The van der Waals surface area contributed by atoms with E-state index in [9.17, 15) is 4.79 Å². The molecule has 2 rings (SSSR count). The Balaban J connectivity index is 0.00000200. The highest BCUT2D eigenvalue weighted by molar-refractivity contribution is 6.31. The molecule has 1 amide bonds. The first-order valence-electron chi connectivity index (χ1n) is 6.92. The molecule has 1 saturated heterocycles. The normalized spacial score (nSPS) is 17.9. The second-order valence-corrected chi connectivity index (χ2v) is 5.38. The molecule has 1 heterocycles. The molecule has 1 fully saturated rings. The molecule has 1 atom stereocenters. The van der Waals surface area contributed by atoms with Crippen molar-refractivity contribution in [2.45, 2.75) is 31.7 Å². The number of carbonyl (C=O) groups excluding carboxylic acids is 1. The molecule has 0 aromatic heterocycles. The van der Waals surface area contributed by atoms with Crippen LogP contribution in [0.15, 0.2) is 24.3 Å². The second kappa shape index (κ2) is 8.50. The maximum atomic E-state index is 12.3. The van der Waals surface area contributed by atoms with Crippen LogP contribution < -0.4 is 5.32 Å². The van der Waals surface area contributed by atoms with Crippen molar-refractivity contribution in [3.63, 3.8) is 0 Å². The van der Waals surface area contributed by atoms with Crippen LogP contribution in [0.2, 0.25) is 5.02 Å². The molecule has 0 aliphatic carbocycles. The number of rotatable bonds is 5. The number of halogens is 2. The summed E-state index contributed by atoms with van der Waals surface area (Å²) in [5.41, 5.74) is 1.09. The van der Waals surface area contributed by atoms with Crippen LogP contribution in [0.4, 0.5) is 0 Å². The first kappa shape index (κ1) is 17.3. The fraction of sp³-hybridized carbons (Fsp3) is 0.533. The summed E-state index contributed by atoms with van der Waals surface area (Å²) < 4.78 is 0. The summed E-state index contributed by atoms with van der Waals surface area (Å²) in [6.07, 6.45) is 3.58. The topological polar surface area (TPSA) is 32.3 Å². The van der Waals surface area contributed by atoms with Crippen molar-refractivity contribution in [2.24, 2.45) is 0 Å². The van der Waals surface area contributed by atoms with E-state index in [1.54, 1.807) is 0 Å². The van der Waals surface area contributed by atoms with Gasteiger partial charge in [0.2, 0.25) is 5.91 Å². The first-order chi connectivity index (χ1) is 9.24. The van der Waals surface area contributed by atoms with Gasteiger partial charge < -0.3 is 10.2 Å². The lowest BCUT2D eigenvalue weighted by Gasteiger charge is -2.26. The Hall–Kier alpha value is -0.770. The molecule has 0 saturated carbocycles. The zero-order valence-electron chi connectivity index (χ0n) is 11.8. The van der Waals surface area contributed by atoms with Crippen LogP contribution in [0.5, 0.6) is 0 Å². The fourth-order valence-corrected chi connectivity index (χ4v) is 2.96. The van der Waals surface area contributed by atoms with Crippen molar-refractivity contribution < 1.29 is 4.79 Å². The van der Waals surface area contributed by atoms with Crippen LogP contribution in [0.25, 0.3) is 0 Å². The molecule has 0 bridgehead atoms. The number of nitrogens with zero attached hydrogens (tertiary/aromatic N) is 1. The minimum atomic E-state index is 0. The highest BCUT2D eigenvalue weighted by atomic mass is 35.5. The third-order valence-corrected chi connectivity index (χ3v) is 4.00. The van der Waals surface area contributed by atoms with Crippen molar-refractivity contribution in [2.75, 3.05) is 20.1 Å². The Morgan fingerprint density at radius 1 is 1.45 bits per heavy atom. The number of amides is 1. The molecule has 1 aromatic carbocycles. The molecule has 3 nitrogen and oxygen atoms in total. The summed E-state index contributed by atoms with van der Waals surface area (Å²) >= 11 is 6.25. The smallest absolute Gasteiger partial charge is 0.223 e. The van der Waals surface area contributed by atoms with Gasteiger partial charge in [-0.1, -0.05) is 29.8 Å². The number of hydrogen-bond donors (Lipinski definition) is 1. The Labute approximate surface area is 132 Å². The Morgan fingerprint density at radius 2 is 2.20 bits per heavy atom. The molecule has 1 N–H and O–H groups in total. The van der Waals surface area contributed by atoms with Gasteiger partial charge in [-0.15, -0.1) is 12.4 Å². The first-order valence-corrected chi connectivity index (χ1v) is 7.30. The molecular formula is C15H22Cl2N2O. The zero-order chi connectivity index (χ0) is 13.7. The van der Waals surface area contributed by atoms with Crippen LogP contribution in [0.3, 0.4) is 0 Å². The summed E-state index contributed by atoms with van der Waals surface area (Å²) in [7, 11) is 1.91. The van der Waals surface area contributed by atoms with E-state index >= 15 is 0 Å². The number of likely N-dealkylation sites (tertiary alicyclic amines) is 1. The summed E-state index contributed by atoms with van der Waals surface area (Å²) in [6, 6.07) is 8.02. The van der Waals surface area contributed by atoms with E-state index in [0.29, 0.717) is 6.42 Å². The molecule has 0 radical (unpaired) electrons. The number of benzene rings is 1. The number of hydrogen-bond acceptors (Lipinski definition) is 2. The molecule has 112 valence electrons. The molecule has 0 spiro atoms. The quantitative estimate of drug-likeness (QED) is 0.844. The SMILES string of the molecule is CNCCCC(=O)N1CCCC1c1ccccc1Cl.Cl. The standard InChI is InChI=1S/C15H21ClN2O.ClH/c1-17-10-4-9-15(19)18-11-5-8-14(18)12-6-2-3-7-13(12)16;/h2-3,6-7,14,17H,4-5,8-11H2,1H3;1H. The predicted octanol–water partition coefficient (Wildman–Crippen LogP) is 3.42. The van der Waals surface area contributed by atoms with Gasteiger partial charge in [0.15, 0.2) is 0 Å². The van der Waals surface area contributed by atoms with E-state index < -0.39 is 0 Å². The van der Waals surface area contributed by atoms with E-state index in [1.807, 2.05) is 36.2 Å². The Morgan fingerprint density at radius 3 is 2.90 bits per heavy atom. The molecule has 20 heavy (non-hydrogen) atoms. The van der Waals surface area contributed by atoms with Gasteiger partial charge in [0.1, 0.15) is 0 Å². The van der Waals surface area contributed by atoms with Gasteiger partial charge >= 0.3 is 0 Å². The molecule has 5 heteroatoms. The second-order valence-electron chi connectivity index (χ2n) is 4.97. The minimum Gasteiger partial charge on any atom is -0.336 e. The lowest BCUT2D eigenvalue weighted by atomic mass is 10.0. The maximum Gasteiger partial charge on any atom is 0.223 e. The lowest BCUT2D eigenvalue weighted by Crippen LogP contribution is -2.31. The van der Waals surface area contributed by atoms with Gasteiger partial charge in [-0.2, -0.15) is 0 Å². The molecule has 1 unspecified atom stereocenters. The molecular weight excluding hydrogens is 295 g/mol. The van der Waals surface area contributed by atoms with Crippen molar-refractivity contribution in [3.05, 3.63) is 34.9 Å². The van der Waals surface area contributed by atoms with E-state index in [-0.39, 0.29) is 24.4 Å². The van der Waals surface area contributed by atoms with Crippen molar-refractivity contribution in [1.29, 1.82) is 0 Å². The molecule has 1 aromatic rings. The molecule has 1 aliphatic heterocycles. The summed E-state index contributed by atoms with van der Waals surface area (Å²) in [4.78, 5) is 14.3. The van der Waals surface area contributed by atoms with Gasteiger partial charge in [-0.3, -0.25) is 4.79 Å². The highest BCUT2D eigenvalue weighted by Gasteiger charge is 2.30. The van der Waals surface area contributed by atoms with E-state index in [2.05, 4.69) is 5.32 Å². The lowest BCUT2D eigenvalue weighted by molar-refractivity contribution is -0.132. The van der Waals surface area contributed by atoms with Gasteiger partial charge in [0.25, 0.3) is 0 Å². The molecule has 1 aliphatic rings. The van der Waals surface area contributed by atoms with Gasteiger partial charge in [0, 0.05) is 18.0 Å². The van der Waals surface area contributed by atoms with E-state index in [1.165, 1.54) is 0 Å². The van der Waals surface area contributed by atoms with Crippen molar-refractivity contribution >= 4 is 29.9 Å². The average Bonchev–Trinajstić information content (AvgIpc) is 2.88. The van der Waals surface area contributed by atoms with Gasteiger partial charge in [0.05, 0.1) is 6.04 Å². The third-order valence-electron chi connectivity index (χ3n) is 3.65. The summed E-state index contributed by atoms with van der Waals surface area (Å²) in [5.74, 6) is 0.248. The Bertz CT molecular complexity index is 440. The van der Waals surface area contributed by atoms with Gasteiger partial charge in [-0.05, 0) is 44.5 Å². The zero-order valence-corrected chi connectivity index (χ0v) is 13.3. The fourth-order valence-electron chi connectivity index (χ4n) is 2.69. The van der Waals surface area contributed by atoms with Gasteiger partial charge in [-0.25, -0.2) is 0 Å². The van der Waals surface area contributed by atoms with Crippen molar-refractivity contribution in [1.82, 2.24) is 10.2 Å². The largest absolute Gasteiger partial charge is 0.336 e. The maximum absolute atomic E-state index is 12.3. The number of carbonyl (C=O) groups is 1. The van der Waals surface area contributed by atoms with Crippen molar-refractivity contribution in [3.8, 4) is 0 Å². The summed E-state index contributed by atoms with van der Waals surface area (Å²) in [6.45, 7) is 1.74. The minimum absolute atomic E-state index is 0. The average molecular weight is 317 g/mol. The van der Waals surface area contributed by atoms with E-state index in [0.717, 1.165) is 42.9 Å². The van der Waals surface area contributed by atoms with Crippen LogP contribution in [-0.4, -0.2) is 30.9 Å². The summed E-state index contributed by atoms with van der Waals surface area (Å²) in [5, 5.41) is 3.84. The van der Waals surface area contributed by atoms with E-state index in [4.69, 9.17) is 11.6 Å². The predicted molar refractivity (Wildman–Crippen MR) is 85.5 cm³/mol. The van der Waals surface area contributed by atoms with Crippen LogP contribution >= 0.6 is 24.0 Å². The monoisotopic (exact) mass is 316 g/mol. The van der Waals surface area contributed by atoms with Crippen LogP contribution in [-0.2, 0) is 4.79 Å². The van der Waals surface area contributed by atoms with Crippen LogP contribution in [0, 0.1) is 0 Å². The third kappa shape index (κ3) is 4.11. The Kier molecular flexibility index (Phi) is 7.35.